The molecule has 0 unspecified atom stereocenters. The van der Waals surface area contributed by atoms with Crippen LogP contribution in [0.25, 0.3) is 10.9 Å². The second kappa shape index (κ2) is 4.71. The molecular weight excluding hydrogens is 198 g/mol. The average Bonchev–Trinajstić information content (AvgIpc) is 2.63. The summed E-state index contributed by atoms with van der Waals surface area (Å²) < 4.78 is 7.83. The fraction of sp³-hybridized carbons (Fsp3) is 0.429. The number of hydrogen-bond donors (Lipinski definition) is 0. The Kier molecular flexibility index (Phi) is 3.30. The lowest BCUT2D eigenvalue weighted by Gasteiger charge is -2.07. The highest BCUT2D eigenvalue weighted by atomic mass is 16.5. The second-order valence-corrected chi connectivity index (χ2v) is 4.08. The smallest absolute Gasteiger partial charge is 0.0867 e. The third-order valence-corrected chi connectivity index (χ3v) is 2.92. The van der Waals surface area contributed by atoms with Crippen LogP contribution in [0.1, 0.15) is 25.1 Å². The highest BCUT2D eigenvalue weighted by molar-refractivity contribution is 5.82. The Hall–Kier alpha value is -1.28. The molecule has 0 aliphatic rings. The lowest BCUT2D eigenvalue weighted by Crippen LogP contribution is -2.02. The van der Waals surface area contributed by atoms with E-state index in [4.69, 9.17) is 4.74 Å². The van der Waals surface area contributed by atoms with Crippen molar-refractivity contribution < 1.29 is 4.74 Å². The highest BCUT2D eigenvalue weighted by Crippen LogP contribution is 2.21. The Balaban J connectivity index is 2.49. The molecule has 0 radical (unpaired) electrons. The van der Waals surface area contributed by atoms with Crippen LogP contribution in [-0.4, -0.2) is 11.2 Å². The largest absolute Gasteiger partial charge is 0.376 e. The van der Waals surface area contributed by atoms with Gasteiger partial charge in [0.1, 0.15) is 0 Å². The van der Waals surface area contributed by atoms with Crippen LogP contribution in [0.15, 0.2) is 24.3 Å². The minimum absolute atomic E-state index is 0.706. The van der Waals surface area contributed by atoms with E-state index in [1.54, 1.807) is 0 Å². The third-order valence-electron chi connectivity index (χ3n) is 2.92. The zero-order valence-corrected chi connectivity index (χ0v) is 10.3. The lowest BCUT2D eigenvalue weighted by atomic mass is 10.2. The van der Waals surface area contributed by atoms with Gasteiger partial charge in [-0.2, -0.15) is 0 Å². The van der Waals surface area contributed by atoms with Gasteiger partial charge in [0.2, 0.25) is 0 Å². The van der Waals surface area contributed by atoms with Crippen LogP contribution in [0.2, 0.25) is 0 Å². The monoisotopic (exact) mass is 217 g/mol. The Morgan fingerprint density at radius 2 is 2.00 bits per heavy atom. The molecule has 2 nitrogen and oxygen atoms in total. The van der Waals surface area contributed by atoms with Crippen LogP contribution < -0.4 is 0 Å². The molecule has 2 aromatic rings. The predicted octanol–water partition coefficient (Wildman–Crippen LogP) is 3.51. The van der Waals surface area contributed by atoms with Gasteiger partial charge in [-0.15, -0.1) is 0 Å². The van der Waals surface area contributed by atoms with Crippen LogP contribution >= 0.6 is 0 Å². The standard InChI is InChI=1S/C14H19NO/c1-4-15-13(10-16-5-2)9-12-7-6-11(3)8-14(12)15/h6-9H,4-5,10H2,1-3H3. The number of benzene rings is 1. The Labute approximate surface area is 96.8 Å². The van der Waals surface area contributed by atoms with Crippen LogP contribution in [-0.2, 0) is 17.9 Å². The van der Waals surface area contributed by atoms with Crippen molar-refractivity contribution >= 4 is 10.9 Å². The van der Waals surface area contributed by atoms with Crippen molar-refractivity contribution in [2.24, 2.45) is 0 Å². The summed E-state index contributed by atoms with van der Waals surface area (Å²) in [4.78, 5) is 0. The van der Waals surface area contributed by atoms with Crippen molar-refractivity contribution in [3.8, 4) is 0 Å². The van der Waals surface area contributed by atoms with Crippen molar-refractivity contribution in [1.29, 1.82) is 0 Å². The molecule has 1 heterocycles. The zero-order chi connectivity index (χ0) is 11.5. The van der Waals surface area contributed by atoms with E-state index in [-0.39, 0.29) is 0 Å². The first-order valence-electron chi connectivity index (χ1n) is 5.92. The maximum Gasteiger partial charge on any atom is 0.0867 e. The molecule has 0 amide bonds. The number of fused-ring (bicyclic) bond motifs is 1. The maximum absolute atomic E-state index is 5.50. The average molecular weight is 217 g/mol. The molecule has 0 aliphatic heterocycles. The summed E-state index contributed by atoms with van der Waals surface area (Å²) in [5, 5.41) is 1.31. The molecule has 0 spiro atoms. The van der Waals surface area contributed by atoms with E-state index in [1.165, 1.54) is 22.2 Å². The maximum atomic E-state index is 5.50. The van der Waals surface area contributed by atoms with Gasteiger partial charge in [0.15, 0.2) is 0 Å². The van der Waals surface area contributed by atoms with Gasteiger partial charge in [-0.1, -0.05) is 12.1 Å². The molecule has 16 heavy (non-hydrogen) atoms. The van der Waals surface area contributed by atoms with Crippen molar-refractivity contribution in [2.75, 3.05) is 6.61 Å². The van der Waals surface area contributed by atoms with Crippen LogP contribution in [0.4, 0.5) is 0 Å². The first kappa shape index (κ1) is 11.2. The minimum atomic E-state index is 0.706. The Morgan fingerprint density at radius 3 is 2.69 bits per heavy atom. The van der Waals surface area contributed by atoms with Gasteiger partial charge in [-0.05, 0) is 43.9 Å². The molecular formula is C14H19NO. The summed E-state index contributed by atoms with van der Waals surface area (Å²) in [5.41, 5.74) is 3.89. The van der Waals surface area contributed by atoms with Gasteiger partial charge < -0.3 is 9.30 Å². The zero-order valence-electron chi connectivity index (χ0n) is 10.3. The molecule has 0 saturated carbocycles. The number of nitrogens with zero attached hydrogens (tertiary/aromatic N) is 1. The van der Waals surface area contributed by atoms with Crippen LogP contribution in [0.5, 0.6) is 0 Å². The normalized spacial score (nSPS) is 11.2. The molecule has 0 bridgehead atoms. The molecule has 1 aromatic heterocycles. The first-order chi connectivity index (χ1) is 7.76. The summed E-state index contributed by atoms with van der Waals surface area (Å²) >= 11 is 0. The predicted molar refractivity (Wildman–Crippen MR) is 67.7 cm³/mol. The summed E-state index contributed by atoms with van der Waals surface area (Å²) in [6.45, 7) is 8.81. The Bertz CT molecular complexity index is 485. The fourth-order valence-corrected chi connectivity index (χ4v) is 2.12. The second-order valence-electron chi connectivity index (χ2n) is 4.08. The SMILES string of the molecule is CCOCc1cc2ccc(C)cc2n1CC. The number of hydrogen-bond acceptors (Lipinski definition) is 1. The van der Waals surface area contributed by atoms with Crippen LogP contribution in [0.3, 0.4) is 0 Å². The van der Waals surface area contributed by atoms with Gasteiger partial charge in [0.25, 0.3) is 0 Å². The molecule has 1 aromatic carbocycles. The first-order valence-corrected chi connectivity index (χ1v) is 5.92. The summed E-state index contributed by atoms with van der Waals surface area (Å²) in [6, 6.07) is 8.82. The van der Waals surface area contributed by atoms with E-state index in [9.17, 15) is 0 Å². The molecule has 2 rings (SSSR count). The molecule has 0 fully saturated rings. The van der Waals surface area contributed by atoms with Gasteiger partial charge in [-0.3, -0.25) is 0 Å². The van der Waals surface area contributed by atoms with Gasteiger partial charge in [-0.25, -0.2) is 0 Å². The molecule has 86 valence electrons. The molecule has 0 aliphatic carbocycles. The van der Waals surface area contributed by atoms with Crippen molar-refractivity contribution in [2.45, 2.75) is 33.9 Å². The van der Waals surface area contributed by atoms with Crippen molar-refractivity contribution in [1.82, 2.24) is 4.57 Å². The van der Waals surface area contributed by atoms with Gasteiger partial charge >= 0.3 is 0 Å². The molecule has 0 atom stereocenters. The van der Waals surface area contributed by atoms with Crippen molar-refractivity contribution in [3.05, 3.63) is 35.5 Å². The lowest BCUT2D eigenvalue weighted by molar-refractivity contribution is 0.129. The quantitative estimate of drug-likeness (QED) is 0.764. The molecule has 0 saturated heterocycles. The summed E-state index contributed by atoms with van der Waals surface area (Å²) in [7, 11) is 0. The summed E-state index contributed by atoms with van der Waals surface area (Å²) in [5.74, 6) is 0. The van der Waals surface area contributed by atoms with E-state index >= 15 is 0 Å². The summed E-state index contributed by atoms with van der Waals surface area (Å²) in [6.07, 6.45) is 0. The van der Waals surface area contributed by atoms with E-state index in [2.05, 4.69) is 42.7 Å². The number of rotatable bonds is 4. The third kappa shape index (κ3) is 1.98. The van der Waals surface area contributed by atoms with Crippen LogP contribution in [0, 0.1) is 6.92 Å². The number of aromatic nitrogens is 1. The van der Waals surface area contributed by atoms with E-state index in [1.807, 2.05) is 6.92 Å². The number of ether oxygens (including phenoxy) is 1. The number of aryl methyl sites for hydroxylation is 2. The van der Waals surface area contributed by atoms with Gasteiger partial charge in [0.05, 0.1) is 6.61 Å². The highest BCUT2D eigenvalue weighted by Gasteiger charge is 2.07. The topological polar surface area (TPSA) is 14.2 Å². The molecule has 0 N–H and O–H groups in total. The van der Waals surface area contributed by atoms with Gasteiger partial charge in [0, 0.05) is 24.4 Å². The van der Waals surface area contributed by atoms with E-state index in [0.29, 0.717) is 6.61 Å². The Morgan fingerprint density at radius 1 is 1.19 bits per heavy atom. The van der Waals surface area contributed by atoms with E-state index in [0.717, 1.165) is 13.2 Å². The fourth-order valence-electron chi connectivity index (χ4n) is 2.12. The van der Waals surface area contributed by atoms with Crippen molar-refractivity contribution in [3.63, 3.8) is 0 Å². The minimum Gasteiger partial charge on any atom is -0.376 e. The van der Waals surface area contributed by atoms with E-state index < -0.39 is 0 Å². The molecule has 2 heteroatoms.